The average Bonchev–Trinajstić information content (AvgIpc) is 2.76. The molecule has 1 rings (SSSR count). The fraction of sp³-hybridized carbons (Fsp3) is 0.500. The Balaban J connectivity index is 2.35. The molecule has 1 aromatic heterocycles. The molecule has 0 aliphatic carbocycles. The lowest BCUT2D eigenvalue weighted by Gasteiger charge is -2.09. The van der Waals surface area contributed by atoms with Crippen LogP contribution in [0.15, 0.2) is 5.38 Å². The molecule has 94 valence electrons. The molecule has 0 aliphatic heterocycles. The first kappa shape index (κ1) is 13.6. The molecule has 0 saturated heterocycles. The first-order valence-electron chi connectivity index (χ1n) is 5.17. The van der Waals surface area contributed by atoms with E-state index in [1.165, 1.54) is 16.7 Å². The Hall–Kier alpha value is -1.47. The Labute approximate surface area is 103 Å². The Morgan fingerprint density at radius 2 is 2.29 bits per heavy atom. The molecule has 6 nitrogen and oxygen atoms in total. The summed E-state index contributed by atoms with van der Waals surface area (Å²) in [7, 11) is 1.71. The zero-order chi connectivity index (χ0) is 12.8. The van der Waals surface area contributed by atoms with Gasteiger partial charge in [-0.15, -0.1) is 11.3 Å². The van der Waals surface area contributed by atoms with E-state index in [1.54, 1.807) is 14.0 Å². The molecule has 1 amide bonds. The molecule has 7 heteroatoms. The monoisotopic (exact) mass is 257 g/mol. The van der Waals surface area contributed by atoms with Crippen molar-refractivity contribution in [2.24, 2.45) is 0 Å². The van der Waals surface area contributed by atoms with Crippen molar-refractivity contribution < 1.29 is 14.7 Å². The lowest BCUT2D eigenvalue weighted by atomic mass is 10.3. The number of carboxylic acid groups (broad SMARTS) is 1. The van der Waals surface area contributed by atoms with Crippen LogP contribution >= 0.6 is 11.3 Å². The van der Waals surface area contributed by atoms with Crippen molar-refractivity contribution >= 4 is 23.2 Å². The van der Waals surface area contributed by atoms with Crippen LogP contribution in [0, 0.1) is 0 Å². The van der Waals surface area contributed by atoms with Gasteiger partial charge >= 0.3 is 5.97 Å². The number of thiazole rings is 1. The molecule has 1 heterocycles. The summed E-state index contributed by atoms with van der Waals surface area (Å²) in [5, 5.41) is 16.5. The number of likely N-dealkylation sites (N-methyl/N-ethyl adjacent to an activating group) is 1. The van der Waals surface area contributed by atoms with Gasteiger partial charge in [0.1, 0.15) is 0 Å². The van der Waals surface area contributed by atoms with Gasteiger partial charge in [-0.05, 0) is 14.0 Å². The second kappa shape index (κ2) is 6.31. The van der Waals surface area contributed by atoms with Crippen molar-refractivity contribution in [1.82, 2.24) is 15.6 Å². The van der Waals surface area contributed by atoms with Crippen molar-refractivity contribution in [2.45, 2.75) is 19.4 Å². The van der Waals surface area contributed by atoms with E-state index in [0.717, 1.165) is 0 Å². The smallest absolute Gasteiger partial charge is 0.355 e. The van der Waals surface area contributed by atoms with Gasteiger partial charge in [0.2, 0.25) is 5.91 Å². The average molecular weight is 257 g/mol. The molecule has 0 aliphatic rings. The number of nitrogens with one attached hydrogen (secondary N) is 2. The quantitative estimate of drug-likeness (QED) is 0.672. The van der Waals surface area contributed by atoms with E-state index in [9.17, 15) is 9.59 Å². The Morgan fingerprint density at radius 3 is 2.82 bits per heavy atom. The number of amides is 1. The number of carbonyl (C=O) groups is 2. The number of rotatable bonds is 6. The topological polar surface area (TPSA) is 91.3 Å². The number of hydrogen-bond acceptors (Lipinski definition) is 5. The minimum atomic E-state index is -1.03. The van der Waals surface area contributed by atoms with E-state index in [2.05, 4.69) is 15.6 Å². The third-order valence-corrected chi connectivity index (χ3v) is 3.14. The third kappa shape index (κ3) is 4.12. The number of carbonyl (C=O) groups excluding carboxylic acids is 1. The number of hydrogen-bond donors (Lipinski definition) is 3. The molecule has 0 bridgehead atoms. The van der Waals surface area contributed by atoms with Crippen LogP contribution in [0.25, 0.3) is 0 Å². The number of aromatic carboxylic acids is 1. The highest BCUT2D eigenvalue weighted by Gasteiger charge is 2.11. The van der Waals surface area contributed by atoms with E-state index in [1.807, 2.05) is 0 Å². The molecule has 1 unspecified atom stereocenters. The predicted molar refractivity (Wildman–Crippen MR) is 64.3 cm³/mol. The molecule has 0 spiro atoms. The molecule has 17 heavy (non-hydrogen) atoms. The summed E-state index contributed by atoms with van der Waals surface area (Å²) in [6, 6.07) is -0.235. The molecule has 0 fully saturated rings. The van der Waals surface area contributed by atoms with Crippen LogP contribution in [0.5, 0.6) is 0 Å². The van der Waals surface area contributed by atoms with Gasteiger partial charge in [0.05, 0.1) is 11.0 Å². The fourth-order valence-corrected chi connectivity index (χ4v) is 1.87. The maximum absolute atomic E-state index is 11.4. The van der Waals surface area contributed by atoms with Crippen LogP contribution in [-0.2, 0) is 11.2 Å². The van der Waals surface area contributed by atoms with Crippen LogP contribution in [0.1, 0.15) is 22.4 Å². The lowest BCUT2D eigenvalue weighted by Crippen LogP contribution is -2.41. The lowest BCUT2D eigenvalue weighted by molar-refractivity contribution is -0.122. The summed E-state index contributed by atoms with van der Waals surface area (Å²) in [6.45, 7) is 2.22. The minimum absolute atomic E-state index is 0.0555. The van der Waals surface area contributed by atoms with Crippen LogP contribution < -0.4 is 10.6 Å². The first-order chi connectivity index (χ1) is 8.04. The van der Waals surface area contributed by atoms with Gasteiger partial charge in [0.25, 0.3) is 0 Å². The minimum Gasteiger partial charge on any atom is -0.476 e. The first-order valence-corrected chi connectivity index (χ1v) is 6.05. The van der Waals surface area contributed by atoms with Crippen LogP contribution in [-0.4, -0.2) is 41.6 Å². The van der Waals surface area contributed by atoms with Crippen LogP contribution in [0.2, 0.25) is 0 Å². The Morgan fingerprint density at radius 1 is 1.59 bits per heavy atom. The highest BCUT2D eigenvalue weighted by molar-refractivity contribution is 7.09. The van der Waals surface area contributed by atoms with E-state index in [4.69, 9.17) is 5.11 Å². The zero-order valence-corrected chi connectivity index (χ0v) is 10.5. The summed E-state index contributed by atoms with van der Waals surface area (Å²) < 4.78 is 0. The van der Waals surface area contributed by atoms with E-state index in [0.29, 0.717) is 18.0 Å². The van der Waals surface area contributed by atoms with E-state index < -0.39 is 5.97 Å². The van der Waals surface area contributed by atoms with Gasteiger partial charge in [-0.25, -0.2) is 9.78 Å². The number of aromatic nitrogens is 1. The van der Waals surface area contributed by atoms with Gasteiger partial charge in [-0.2, -0.15) is 0 Å². The summed E-state index contributed by atoms with van der Waals surface area (Å²) in [5.41, 5.74) is 0.0555. The second-order valence-electron chi connectivity index (χ2n) is 3.48. The maximum atomic E-state index is 11.4. The highest BCUT2D eigenvalue weighted by Crippen LogP contribution is 2.09. The number of nitrogens with zero attached hydrogens (tertiary/aromatic N) is 1. The Kier molecular flexibility index (Phi) is 5.05. The predicted octanol–water partition coefficient (Wildman–Crippen LogP) is 0.108. The van der Waals surface area contributed by atoms with E-state index in [-0.39, 0.29) is 17.6 Å². The highest BCUT2D eigenvalue weighted by atomic mass is 32.1. The summed E-state index contributed by atoms with van der Waals surface area (Å²) in [5.74, 6) is -1.11. The third-order valence-electron chi connectivity index (χ3n) is 2.24. The standard InChI is InChI=1S/C10H15N3O3S/c1-6(11-2)9(14)12-4-3-8-13-7(5-17-8)10(15)16/h5-6,11H,3-4H2,1-2H3,(H,12,14)(H,15,16). The maximum Gasteiger partial charge on any atom is 0.355 e. The molecule has 1 aromatic rings. The molecule has 0 radical (unpaired) electrons. The molecule has 3 N–H and O–H groups in total. The van der Waals surface area contributed by atoms with Gasteiger partial charge in [-0.3, -0.25) is 4.79 Å². The zero-order valence-electron chi connectivity index (χ0n) is 9.69. The molecular weight excluding hydrogens is 242 g/mol. The van der Waals surface area contributed by atoms with Gasteiger partial charge < -0.3 is 15.7 Å². The normalized spacial score (nSPS) is 12.1. The summed E-state index contributed by atoms with van der Waals surface area (Å²) >= 11 is 1.28. The van der Waals surface area contributed by atoms with Crippen molar-refractivity contribution in [3.05, 3.63) is 16.1 Å². The molecule has 0 aromatic carbocycles. The second-order valence-corrected chi connectivity index (χ2v) is 4.43. The van der Waals surface area contributed by atoms with E-state index >= 15 is 0 Å². The fourth-order valence-electron chi connectivity index (χ4n) is 1.10. The molecule has 1 atom stereocenters. The largest absolute Gasteiger partial charge is 0.476 e. The molecular formula is C10H15N3O3S. The Bertz CT molecular complexity index is 405. The van der Waals surface area contributed by atoms with Crippen molar-refractivity contribution in [3.8, 4) is 0 Å². The summed E-state index contributed by atoms with van der Waals surface area (Å²) in [4.78, 5) is 25.9. The van der Waals surface area contributed by atoms with Gasteiger partial charge in [-0.1, -0.05) is 0 Å². The van der Waals surface area contributed by atoms with Gasteiger partial charge in [0.15, 0.2) is 5.69 Å². The van der Waals surface area contributed by atoms with Crippen molar-refractivity contribution in [1.29, 1.82) is 0 Å². The van der Waals surface area contributed by atoms with Crippen molar-refractivity contribution in [2.75, 3.05) is 13.6 Å². The SMILES string of the molecule is CNC(C)C(=O)NCCc1nc(C(=O)O)cs1. The van der Waals surface area contributed by atoms with Crippen molar-refractivity contribution in [3.63, 3.8) is 0 Å². The molecule has 0 saturated carbocycles. The van der Waals surface area contributed by atoms with Crippen LogP contribution in [0.3, 0.4) is 0 Å². The van der Waals surface area contributed by atoms with Crippen LogP contribution in [0.4, 0.5) is 0 Å². The van der Waals surface area contributed by atoms with Gasteiger partial charge in [0, 0.05) is 18.3 Å². The number of carboxylic acids is 1. The summed E-state index contributed by atoms with van der Waals surface area (Å²) in [6.07, 6.45) is 0.542.